The fraction of sp³-hybridized carbons (Fsp3) is 0.619. The summed E-state index contributed by atoms with van der Waals surface area (Å²) in [5.74, 6) is 0.639. The SMILES string of the molecule is Cc1c(NC(=O)CC2CC3CCC(C2)N3)cccc1C(=O)N1CCCC1.Cl. The van der Waals surface area contributed by atoms with E-state index >= 15 is 0 Å². The number of anilines is 1. The molecule has 3 heterocycles. The summed E-state index contributed by atoms with van der Waals surface area (Å²) in [5, 5.41) is 6.69. The lowest BCUT2D eigenvalue weighted by Crippen LogP contribution is -2.39. The fourth-order valence-electron chi connectivity index (χ4n) is 4.90. The van der Waals surface area contributed by atoms with Crippen LogP contribution in [0.2, 0.25) is 0 Å². The number of hydrogen-bond acceptors (Lipinski definition) is 3. The van der Waals surface area contributed by atoms with Crippen LogP contribution >= 0.6 is 12.4 Å². The molecule has 3 fully saturated rings. The third-order valence-corrected chi connectivity index (χ3v) is 6.28. The molecule has 148 valence electrons. The topological polar surface area (TPSA) is 61.4 Å². The minimum Gasteiger partial charge on any atom is -0.339 e. The highest BCUT2D eigenvalue weighted by atomic mass is 35.5. The molecule has 0 aromatic heterocycles. The van der Waals surface area contributed by atoms with Gasteiger partial charge in [-0.15, -0.1) is 12.4 Å². The summed E-state index contributed by atoms with van der Waals surface area (Å²) in [7, 11) is 0. The Kier molecular flexibility index (Phi) is 6.43. The minimum absolute atomic E-state index is 0. The second kappa shape index (κ2) is 8.61. The first-order valence-electron chi connectivity index (χ1n) is 10.0. The molecule has 3 aliphatic rings. The van der Waals surface area contributed by atoms with Gasteiger partial charge in [-0.2, -0.15) is 0 Å². The van der Waals surface area contributed by atoms with E-state index in [9.17, 15) is 9.59 Å². The second-order valence-electron chi connectivity index (χ2n) is 8.21. The maximum Gasteiger partial charge on any atom is 0.254 e. The van der Waals surface area contributed by atoms with Gasteiger partial charge in [-0.1, -0.05) is 6.07 Å². The third kappa shape index (κ3) is 4.46. The van der Waals surface area contributed by atoms with Crippen LogP contribution < -0.4 is 10.6 Å². The van der Waals surface area contributed by atoms with Crippen molar-refractivity contribution in [3.63, 3.8) is 0 Å². The second-order valence-corrected chi connectivity index (χ2v) is 8.21. The Morgan fingerprint density at radius 2 is 1.81 bits per heavy atom. The summed E-state index contributed by atoms with van der Waals surface area (Å²) in [6.07, 6.45) is 7.47. The molecule has 0 saturated carbocycles. The predicted molar refractivity (Wildman–Crippen MR) is 109 cm³/mol. The van der Waals surface area contributed by atoms with E-state index in [1.165, 1.54) is 12.8 Å². The lowest BCUT2D eigenvalue weighted by atomic mass is 9.89. The van der Waals surface area contributed by atoms with Gasteiger partial charge in [0.05, 0.1) is 0 Å². The van der Waals surface area contributed by atoms with Gasteiger partial charge in [0.25, 0.3) is 5.91 Å². The van der Waals surface area contributed by atoms with Crippen molar-refractivity contribution >= 4 is 29.9 Å². The molecule has 0 spiro atoms. The molecule has 4 rings (SSSR count). The van der Waals surface area contributed by atoms with Crippen LogP contribution in [-0.2, 0) is 4.79 Å². The van der Waals surface area contributed by atoms with E-state index in [1.54, 1.807) is 0 Å². The zero-order valence-electron chi connectivity index (χ0n) is 16.0. The summed E-state index contributed by atoms with van der Waals surface area (Å²) in [4.78, 5) is 27.2. The normalized spacial score (nSPS) is 26.6. The van der Waals surface area contributed by atoms with E-state index in [0.717, 1.165) is 50.0 Å². The first kappa shape index (κ1) is 20.2. The van der Waals surface area contributed by atoms with Crippen molar-refractivity contribution in [3.05, 3.63) is 29.3 Å². The quantitative estimate of drug-likeness (QED) is 0.825. The van der Waals surface area contributed by atoms with Gasteiger partial charge in [0.15, 0.2) is 0 Å². The fourth-order valence-corrected chi connectivity index (χ4v) is 4.90. The largest absolute Gasteiger partial charge is 0.339 e. The molecule has 2 amide bonds. The molecule has 5 nitrogen and oxygen atoms in total. The van der Waals surface area contributed by atoms with Crippen molar-refractivity contribution < 1.29 is 9.59 Å². The van der Waals surface area contributed by atoms with Gasteiger partial charge in [0.2, 0.25) is 5.91 Å². The highest BCUT2D eigenvalue weighted by Crippen LogP contribution is 2.33. The first-order valence-corrected chi connectivity index (χ1v) is 10.0. The molecular formula is C21H30ClN3O2. The van der Waals surface area contributed by atoms with Crippen molar-refractivity contribution in [2.75, 3.05) is 18.4 Å². The molecule has 3 saturated heterocycles. The van der Waals surface area contributed by atoms with Crippen LogP contribution in [0, 0.1) is 12.8 Å². The van der Waals surface area contributed by atoms with Crippen molar-refractivity contribution in [1.29, 1.82) is 0 Å². The van der Waals surface area contributed by atoms with Gasteiger partial charge < -0.3 is 15.5 Å². The van der Waals surface area contributed by atoms with Gasteiger partial charge in [-0.3, -0.25) is 9.59 Å². The average molecular weight is 392 g/mol. The van der Waals surface area contributed by atoms with Crippen LogP contribution in [0.15, 0.2) is 18.2 Å². The van der Waals surface area contributed by atoms with E-state index < -0.39 is 0 Å². The average Bonchev–Trinajstić information content (AvgIpc) is 3.26. The molecule has 1 aromatic carbocycles. The first-order chi connectivity index (χ1) is 12.6. The molecule has 2 N–H and O–H groups in total. The van der Waals surface area contributed by atoms with Gasteiger partial charge in [-0.05, 0) is 69.1 Å². The number of rotatable bonds is 4. The third-order valence-electron chi connectivity index (χ3n) is 6.28. The monoisotopic (exact) mass is 391 g/mol. The minimum atomic E-state index is 0. The Morgan fingerprint density at radius 3 is 2.48 bits per heavy atom. The molecule has 0 aliphatic carbocycles. The Labute approximate surface area is 167 Å². The van der Waals surface area contributed by atoms with E-state index in [2.05, 4.69) is 10.6 Å². The molecule has 2 bridgehead atoms. The Hall–Kier alpha value is -1.59. The number of hydrogen-bond donors (Lipinski definition) is 2. The number of nitrogens with one attached hydrogen (secondary N) is 2. The highest BCUT2D eigenvalue weighted by Gasteiger charge is 2.34. The van der Waals surface area contributed by atoms with Gasteiger partial charge in [-0.25, -0.2) is 0 Å². The molecule has 2 unspecified atom stereocenters. The van der Waals surface area contributed by atoms with Crippen LogP contribution in [0.1, 0.15) is 60.9 Å². The van der Waals surface area contributed by atoms with Crippen molar-refractivity contribution in [3.8, 4) is 0 Å². The zero-order valence-corrected chi connectivity index (χ0v) is 16.8. The molecule has 3 aliphatic heterocycles. The van der Waals surface area contributed by atoms with Gasteiger partial charge in [0, 0.05) is 42.8 Å². The summed E-state index contributed by atoms with van der Waals surface area (Å²) in [5.41, 5.74) is 2.37. The molecule has 6 heteroatoms. The smallest absolute Gasteiger partial charge is 0.254 e. The maximum atomic E-state index is 12.7. The van der Waals surface area contributed by atoms with E-state index in [0.29, 0.717) is 30.0 Å². The summed E-state index contributed by atoms with van der Waals surface area (Å²) in [6.45, 7) is 3.61. The van der Waals surface area contributed by atoms with Gasteiger partial charge in [0.1, 0.15) is 0 Å². The lowest BCUT2D eigenvalue weighted by molar-refractivity contribution is -0.117. The number of amides is 2. The highest BCUT2D eigenvalue weighted by molar-refractivity contribution is 5.99. The zero-order chi connectivity index (χ0) is 18.1. The van der Waals surface area contributed by atoms with Crippen LogP contribution in [0.25, 0.3) is 0 Å². The standard InChI is InChI=1S/C21H29N3O2.ClH/c1-14-18(21(26)24-9-2-3-10-24)5-4-6-19(14)23-20(25)13-15-11-16-7-8-17(12-15)22-16;/h4-6,15-17,22H,2-3,7-13H2,1H3,(H,23,25);1H. The molecular weight excluding hydrogens is 362 g/mol. The van der Waals surface area contributed by atoms with Crippen molar-refractivity contribution in [2.24, 2.45) is 5.92 Å². The number of carbonyl (C=O) groups is 2. The Balaban J connectivity index is 0.00000210. The maximum absolute atomic E-state index is 12.7. The number of nitrogens with zero attached hydrogens (tertiary/aromatic N) is 1. The van der Waals surface area contributed by atoms with Crippen molar-refractivity contribution in [2.45, 2.75) is 64.0 Å². The summed E-state index contributed by atoms with van der Waals surface area (Å²) < 4.78 is 0. The molecule has 2 atom stereocenters. The number of fused-ring (bicyclic) bond motifs is 2. The molecule has 0 radical (unpaired) electrons. The number of halogens is 1. The Bertz CT molecular complexity index is 691. The molecule has 1 aromatic rings. The van der Waals surface area contributed by atoms with E-state index in [1.807, 2.05) is 30.0 Å². The van der Waals surface area contributed by atoms with Crippen LogP contribution in [0.3, 0.4) is 0 Å². The number of carbonyl (C=O) groups excluding carboxylic acids is 2. The predicted octanol–water partition coefficient (Wildman–Crippen LogP) is 3.51. The number of piperidine rings is 1. The van der Waals surface area contributed by atoms with E-state index in [-0.39, 0.29) is 24.2 Å². The van der Waals surface area contributed by atoms with Crippen LogP contribution in [-0.4, -0.2) is 41.9 Å². The van der Waals surface area contributed by atoms with Gasteiger partial charge >= 0.3 is 0 Å². The van der Waals surface area contributed by atoms with Crippen LogP contribution in [0.4, 0.5) is 5.69 Å². The Morgan fingerprint density at radius 1 is 1.15 bits per heavy atom. The van der Waals surface area contributed by atoms with Crippen molar-refractivity contribution in [1.82, 2.24) is 10.2 Å². The summed E-state index contributed by atoms with van der Waals surface area (Å²) in [6, 6.07) is 6.86. The summed E-state index contributed by atoms with van der Waals surface area (Å²) >= 11 is 0. The van der Waals surface area contributed by atoms with Crippen LogP contribution in [0.5, 0.6) is 0 Å². The number of benzene rings is 1. The lowest BCUT2D eigenvalue weighted by Gasteiger charge is -2.28. The molecule has 27 heavy (non-hydrogen) atoms. The number of likely N-dealkylation sites (tertiary alicyclic amines) is 1. The van der Waals surface area contributed by atoms with E-state index in [4.69, 9.17) is 0 Å².